The number of nitrogens with zero attached hydrogens (tertiary/aromatic N) is 1. The van der Waals surface area contributed by atoms with Crippen molar-refractivity contribution in [2.24, 2.45) is 0 Å². The third-order valence-corrected chi connectivity index (χ3v) is 3.68. The third kappa shape index (κ3) is 6.60. The van der Waals surface area contributed by atoms with Gasteiger partial charge in [0.15, 0.2) is 0 Å². The maximum absolute atomic E-state index is 10.2. The molecule has 1 rings (SSSR count). The van der Waals surface area contributed by atoms with E-state index in [4.69, 9.17) is 4.74 Å². The maximum atomic E-state index is 10.2. The van der Waals surface area contributed by atoms with Crippen molar-refractivity contribution in [2.45, 2.75) is 66.3 Å². The Bertz CT molecular complexity index is 429. The highest BCUT2D eigenvalue weighted by Crippen LogP contribution is 2.15. The molecule has 0 saturated carbocycles. The van der Waals surface area contributed by atoms with Gasteiger partial charge in [0.2, 0.25) is 0 Å². The Morgan fingerprint density at radius 1 is 1.14 bits per heavy atom. The second-order valence-electron chi connectivity index (χ2n) is 6.49. The lowest BCUT2D eigenvalue weighted by atomic mass is 10.0. The van der Waals surface area contributed by atoms with Crippen LogP contribution in [-0.4, -0.2) is 41.4 Å². The topological polar surface area (TPSA) is 32.7 Å². The molecule has 1 aromatic rings. The van der Waals surface area contributed by atoms with Crippen molar-refractivity contribution in [1.29, 1.82) is 0 Å². The summed E-state index contributed by atoms with van der Waals surface area (Å²) in [5.74, 6) is 0. The average Bonchev–Trinajstić information content (AvgIpc) is 2.39. The molecule has 0 amide bonds. The van der Waals surface area contributed by atoms with Crippen LogP contribution in [0.2, 0.25) is 0 Å². The maximum Gasteiger partial charge on any atom is 0.0900 e. The van der Waals surface area contributed by atoms with Gasteiger partial charge in [-0.2, -0.15) is 0 Å². The summed E-state index contributed by atoms with van der Waals surface area (Å²) in [7, 11) is 0. The molecule has 1 N–H and O–H groups in total. The summed E-state index contributed by atoms with van der Waals surface area (Å²) in [6, 6.07) is 6.94. The van der Waals surface area contributed by atoms with Crippen LogP contribution in [-0.2, 0) is 11.3 Å². The standard InChI is InChI=1S/C18H31NO2/c1-13(2)19(11-18(20)12-21-14(3)4)10-17-9-15(5)7-8-16(17)6/h7-9,13-14,18,20H,10-12H2,1-6H3/t18-/m1/s1. The normalized spacial score (nSPS) is 13.4. The van der Waals surface area contributed by atoms with Crippen LogP contribution in [0.1, 0.15) is 44.4 Å². The minimum atomic E-state index is -0.445. The molecule has 0 aromatic heterocycles. The van der Waals surface area contributed by atoms with Crippen LogP contribution in [0.3, 0.4) is 0 Å². The molecular formula is C18H31NO2. The zero-order chi connectivity index (χ0) is 16.0. The van der Waals surface area contributed by atoms with E-state index in [0.29, 0.717) is 19.2 Å². The number of ether oxygens (including phenoxy) is 1. The van der Waals surface area contributed by atoms with E-state index in [2.05, 4.69) is 50.8 Å². The molecular weight excluding hydrogens is 262 g/mol. The van der Waals surface area contributed by atoms with Crippen LogP contribution in [0.5, 0.6) is 0 Å². The summed E-state index contributed by atoms with van der Waals surface area (Å²) in [5.41, 5.74) is 3.92. The summed E-state index contributed by atoms with van der Waals surface area (Å²) >= 11 is 0. The van der Waals surface area contributed by atoms with E-state index in [9.17, 15) is 5.11 Å². The molecule has 120 valence electrons. The van der Waals surface area contributed by atoms with Crippen LogP contribution in [0.25, 0.3) is 0 Å². The van der Waals surface area contributed by atoms with Crippen LogP contribution in [0.15, 0.2) is 18.2 Å². The van der Waals surface area contributed by atoms with Gasteiger partial charge in [0.25, 0.3) is 0 Å². The minimum absolute atomic E-state index is 0.158. The van der Waals surface area contributed by atoms with Crippen molar-refractivity contribution in [2.75, 3.05) is 13.2 Å². The molecule has 0 spiro atoms. The first-order valence-corrected chi connectivity index (χ1v) is 7.89. The van der Waals surface area contributed by atoms with Crippen molar-refractivity contribution in [3.8, 4) is 0 Å². The lowest BCUT2D eigenvalue weighted by Crippen LogP contribution is -2.39. The van der Waals surface area contributed by atoms with Crippen molar-refractivity contribution < 1.29 is 9.84 Å². The first-order valence-electron chi connectivity index (χ1n) is 7.89. The number of aliphatic hydroxyl groups is 1. The summed E-state index contributed by atoms with van der Waals surface area (Å²) in [6.45, 7) is 14.5. The van der Waals surface area contributed by atoms with Crippen LogP contribution >= 0.6 is 0 Å². The van der Waals surface area contributed by atoms with Gasteiger partial charge in [-0.25, -0.2) is 0 Å². The van der Waals surface area contributed by atoms with Crippen LogP contribution < -0.4 is 0 Å². The van der Waals surface area contributed by atoms with E-state index >= 15 is 0 Å². The van der Waals surface area contributed by atoms with E-state index in [1.807, 2.05) is 13.8 Å². The van der Waals surface area contributed by atoms with Crippen molar-refractivity contribution >= 4 is 0 Å². The Labute approximate surface area is 129 Å². The molecule has 0 bridgehead atoms. The number of hydrogen-bond donors (Lipinski definition) is 1. The smallest absolute Gasteiger partial charge is 0.0900 e. The number of aryl methyl sites for hydroxylation is 2. The molecule has 0 saturated heterocycles. The predicted octanol–water partition coefficient (Wildman–Crippen LogP) is 3.30. The van der Waals surface area contributed by atoms with Gasteiger partial charge in [-0.1, -0.05) is 23.8 Å². The monoisotopic (exact) mass is 293 g/mol. The SMILES string of the molecule is Cc1ccc(C)c(CN(C[C@@H](O)COC(C)C)C(C)C)c1. The Balaban J connectivity index is 2.67. The van der Waals surface area contributed by atoms with Crippen molar-refractivity contribution in [3.63, 3.8) is 0 Å². The van der Waals surface area contributed by atoms with E-state index in [-0.39, 0.29) is 6.10 Å². The highest BCUT2D eigenvalue weighted by Gasteiger charge is 2.16. The van der Waals surface area contributed by atoms with Crippen molar-refractivity contribution in [3.05, 3.63) is 34.9 Å². The lowest BCUT2D eigenvalue weighted by molar-refractivity contribution is -0.0136. The van der Waals surface area contributed by atoms with E-state index in [1.54, 1.807) is 0 Å². The second kappa shape index (κ2) is 8.52. The van der Waals surface area contributed by atoms with Gasteiger partial charge in [-0.3, -0.25) is 4.90 Å². The summed E-state index contributed by atoms with van der Waals surface area (Å²) in [5, 5.41) is 10.2. The first-order chi connectivity index (χ1) is 9.79. The second-order valence-corrected chi connectivity index (χ2v) is 6.49. The van der Waals surface area contributed by atoms with E-state index < -0.39 is 6.10 Å². The lowest BCUT2D eigenvalue weighted by Gasteiger charge is -2.29. The van der Waals surface area contributed by atoms with Gasteiger partial charge in [0.05, 0.1) is 18.8 Å². The molecule has 3 nitrogen and oxygen atoms in total. The number of aliphatic hydroxyl groups excluding tert-OH is 1. The quantitative estimate of drug-likeness (QED) is 0.798. The van der Waals surface area contributed by atoms with Gasteiger partial charge >= 0.3 is 0 Å². The van der Waals surface area contributed by atoms with Gasteiger partial charge in [-0.15, -0.1) is 0 Å². The van der Waals surface area contributed by atoms with Crippen LogP contribution in [0, 0.1) is 13.8 Å². The summed E-state index contributed by atoms with van der Waals surface area (Å²) in [4.78, 5) is 2.30. The van der Waals surface area contributed by atoms with Gasteiger partial charge in [0, 0.05) is 19.1 Å². The molecule has 0 aliphatic heterocycles. The minimum Gasteiger partial charge on any atom is -0.389 e. The van der Waals surface area contributed by atoms with Gasteiger partial charge < -0.3 is 9.84 Å². The Hall–Kier alpha value is -0.900. The molecule has 0 heterocycles. The number of rotatable bonds is 8. The zero-order valence-electron chi connectivity index (χ0n) is 14.4. The Morgan fingerprint density at radius 2 is 1.81 bits per heavy atom. The molecule has 0 fully saturated rings. The molecule has 3 heteroatoms. The fourth-order valence-electron chi connectivity index (χ4n) is 2.27. The Kier molecular flexibility index (Phi) is 7.36. The largest absolute Gasteiger partial charge is 0.389 e. The molecule has 0 aliphatic rings. The first kappa shape index (κ1) is 18.1. The predicted molar refractivity (Wildman–Crippen MR) is 88.6 cm³/mol. The fraction of sp³-hybridized carbons (Fsp3) is 0.667. The number of hydrogen-bond acceptors (Lipinski definition) is 3. The molecule has 1 aromatic carbocycles. The summed E-state index contributed by atoms with van der Waals surface area (Å²) in [6.07, 6.45) is -0.286. The Morgan fingerprint density at radius 3 is 2.38 bits per heavy atom. The molecule has 0 aliphatic carbocycles. The van der Waals surface area contributed by atoms with Crippen molar-refractivity contribution in [1.82, 2.24) is 4.90 Å². The highest BCUT2D eigenvalue weighted by atomic mass is 16.5. The highest BCUT2D eigenvalue weighted by molar-refractivity contribution is 5.30. The zero-order valence-corrected chi connectivity index (χ0v) is 14.4. The van der Waals surface area contributed by atoms with E-state index in [0.717, 1.165) is 6.54 Å². The molecule has 0 radical (unpaired) electrons. The van der Waals surface area contributed by atoms with Gasteiger partial charge in [0.1, 0.15) is 0 Å². The molecule has 1 atom stereocenters. The summed E-state index contributed by atoms with van der Waals surface area (Å²) < 4.78 is 5.50. The average molecular weight is 293 g/mol. The van der Waals surface area contributed by atoms with E-state index in [1.165, 1.54) is 16.7 Å². The third-order valence-electron chi connectivity index (χ3n) is 3.68. The number of benzene rings is 1. The van der Waals surface area contributed by atoms with Gasteiger partial charge in [-0.05, 0) is 52.7 Å². The molecule has 0 unspecified atom stereocenters. The molecule has 21 heavy (non-hydrogen) atoms. The van der Waals surface area contributed by atoms with Crippen LogP contribution in [0.4, 0.5) is 0 Å². The fourth-order valence-corrected chi connectivity index (χ4v) is 2.27.